The second-order valence-electron chi connectivity index (χ2n) is 7.24. The van der Waals surface area contributed by atoms with Crippen molar-refractivity contribution in [3.05, 3.63) is 27.7 Å². The van der Waals surface area contributed by atoms with Crippen LogP contribution in [-0.4, -0.2) is 89.5 Å². The van der Waals surface area contributed by atoms with Gasteiger partial charge in [-0.1, -0.05) is 0 Å². The number of morpholine rings is 1. The van der Waals surface area contributed by atoms with Crippen molar-refractivity contribution in [3.8, 4) is 0 Å². The van der Waals surface area contributed by atoms with Crippen molar-refractivity contribution in [1.29, 1.82) is 0 Å². The molecule has 0 atom stereocenters. The van der Waals surface area contributed by atoms with E-state index in [2.05, 4.69) is 10.00 Å². The minimum absolute atomic E-state index is 0.00628. The van der Waals surface area contributed by atoms with Crippen molar-refractivity contribution >= 4 is 6.03 Å². The lowest BCUT2D eigenvalue weighted by Crippen LogP contribution is -2.55. The van der Waals surface area contributed by atoms with Gasteiger partial charge >= 0.3 is 6.03 Å². The van der Waals surface area contributed by atoms with Crippen LogP contribution in [-0.2, 0) is 24.1 Å². The van der Waals surface area contributed by atoms with Gasteiger partial charge in [-0.05, 0) is 24.8 Å². The molecule has 0 radical (unpaired) electrons. The molecule has 0 unspecified atom stereocenters. The predicted octanol–water partition coefficient (Wildman–Crippen LogP) is -0.198. The van der Waals surface area contributed by atoms with Crippen LogP contribution >= 0.6 is 0 Å². The van der Waals surface area contributed by atoms with E-state index in [0.717, 1.165) is 63.2 Å². The van der Waals surface area contributed by atoms with Crippen LogP contribution in [0.3, 0.4) is 0 Å². The van der Waals surface area contributed by atoms with E-state index in [-0.39, 0.29) is 11.6 Å². The van der Waals surface area contributed by atoms with Crippen molar-refractivity contribution in [2.75, 3.05) is 59.0 Å². The first kappa shape index (κ1) is 17.5. The quantitative estimate of drug-likeness (QED) is 0.746. The molecule has 4 rings (SSSR count). The predicted molar refractivity (Wildman–Crippen MR) is 96.3 cm³/mol. The monoisotopic (exact) mass is 361 g/mol. The number of carbonyl (C=O) groups is 1. The number of hydrogen-bond donors (Lipinski definition) is 0. The Bertz CT molecular complexity index is 705. The smallest absolute Gasteiger partial charge is 0.320 e. The molecule has 2 amide bonds. The van der Waals surface area contributed by atoms with Crippen molar-refractivity contribution < 1.29 is 9.53 Å². The van der Waals surface area contributed by atoms with E-state index >= 15 is 0 Å². The molecule has 0 aromatic carbocycles. The summed E-state index contributed by atoms with van der Waals surface area (Å²) in [4.78, 5) is 30.8. The second kappa shape index (κ2) is 7.75. The molecule has 26 heavy (non-hydrogen) atoms. The molecule has 142 valence electrons. The van der Waals surface area contributed by atoms with Gasteiger partial charge in [0, 0.05) is 51.9 Å². The summed E-state index contributed by atoms with van der Waals surface area (Å²) in [6.07, 6.45) is 3.07. The highest BCUT2D eigenvalue weighted by molar-refractivity contribution is 5.74. The molecule has 3 heterocycles. The average molecular weight is 361 g/mol. The normalized spacial score (nSPS) is 21.1. The molecule has 2 aliphatic heterocycles. The topological polar surface area (TPSA) is 70.9 Å². The van der Waals surface area contributed by atoms with Gasteiger partial charge in [0.1, 0.15) is 0 Å². The summed E-state index contributed by atoms with van der Waals surface area (Å²) in [6, 6.07) is 1.89. The Morgan fingerprint density at radius 3 is 2.50 bits per heavy atom. The van der Waals surface area contributed by atoms with Crippen LogP contribution < -0.4 is 5.56 Å². The summed E-state index contributed by atoms with van der Waals surface area (Å²) in [7, 11) is 0. The fourth-order valence-corrected chi connectivity index (χ4v) is 3.95. The van der Waals surface area contributed by atoms with E-state index in [1.54, 1.807) is 10.7 Å². The number of rotatable bonds is 3. The van der Waals surface area contributed by atoms with Gasteiger partial charge in [-0.15, -0.1) is 0 Å². The Balaban J connectivity index is 1.27. The van der Waals surface area contributed by atoms with Gasteiger partial charge in [0.25, 0.3) is 5.56 Å². The SMILES string of the molecule is O=C(N1CCOCC1)N1CCN(CCn2nc3c(cc2=O)CCC3)CC1. The molecule has 2 saturated heterocycles. The molecular weight excluding hydrogens is 334 g/mol. The molecule has 0 spiro atoms. The van der Waals surface area contributed by atoms with E-state index in [1.807, 2.05) is 9.80 Å². The van der Waals surface area contributed by atoms with Crippen LogP contribution in [0, 0.1) is 0 Å². The Labute approximate surface area is 153 Å². The Hall–Kier alpha value is -1.93. The first-order valence-electron chi connectivity index (χ1n) is 9.64. The number of urea groups is 1. The van der Waals surface area contributed by atoms with E-state index in [0.29, 0.717) is 32.8 Å². The van der Waals surface area contributed by atoms with Gasteiger partial charge in [0.2, 0.25) is 0 Å². The number of amides is 2. The van der Waals surface area contributed by atoms with E-state index < -0.39 is 0 Å². The van der Waals surface area contributed by atoms with Crippen LogP contribution in [0.15, 0.2) is 10.9 Å². The number of nitrogens with zero attached hydrogens (tertiary/aromatic N) is 5. The molecule has 1 aromatic rings. The van der Waals surface area contributed by atoms with E-state index in [9.17, 15) is 9.59 Å². The number of aromatic nitrogens is 2. The molecule has 2 fully saturated rings. The summed E-state index contributed by atoms with van der Waals surface area (Å²) in [5.74, 6) is 0. The number of carbonyl (C=O) groups excluding carboxylic acids is 1. The molecule has 1 aromatic heterocycles. The Morgan fingerprint density at radius 2 is 1.73 bits per heavy atom. The van der Waals surface area contributed by atoms with Crippen LogP contribution in [0.1, 0.15) is 17.7 Å². The number of fused-ring (bicyclic) bond motifs is 1. The first-order valence-corrected chi connectivity index (χ1v) is 9.64. The highest BCUT2D eigenvalue weighted by Crippen LogP contribution is 2.17. The second-order valence-corrected chi connectivity index (χ2v) is 7.24. The highest BCUT2D eigenvalue weighted by Gasteiger charge is 2.26. The maximum absolute atomic E-state index is 12.5. The molecule has 8 nitrogen and oxygen atoms in total. The zero-order valence-electron chi connectivity index (χ0n) is 15.2. The third-order valence-electron chi connectivity index (χ3n) is 5.58. The van der Waals surface area contributed by atoms with E-state index in [4.69, 9.17) is 4.74 Å². The fourth-order valence-electron chi connectivity index (χ4n) is 3.95. The molecule has 3 aliphatic rings. The van der Waals surface area contributed by atoms with Gasteiger partial charge in [0.05, 0.1) is 25.5 Å². The Morgan fingerprint density at radius 1 is 1.00 bits per heavy atom. The minimum atomic E-state index is 0.00628. The average Bonchev–Trinajstić information content (AvgIpc) is 3.14. The molecule has 8 heteroatoms. The minimum Gasteiger partial charge on any atom is -0.378 e. The third kappa shape index (κ3) is 3.76. The van der Waals surface area contributed by atoms with Gasteiger partial charge in [-0.25, -0.2) is 9.48 Å². The molecule has 1 aliphatic carbocycles. The van der Waals surface area contributed by atoms with Gasteiger partial charge in [-0.2, -0.15) is 5.10 Å². The highest BCUT2D eigenvalue weighted by atomic mass is 16.5. The maximum atomic E-state index is 12.5. The van der Waals surface area contributed by atoms with Gasteiger partial charge < -0.3 is 14.5 Å². The summed E-state index contributed by atoms with van der Waals surface area (Å²) < 4.78 is 6.92. The van der Waals surface area contributed by atoms with Crippen molar-refractivity contribution in [2.24, 2.45) is 0 Å². The lowest BCUT2D eigenvalue weighted by Gasteiger charge is -2.38. The lowest BCUT2D eigenvalue weighted by atomic mass is 10.2. The maximum Gasteiger partial charge on any atom is 0.320 e. The largest absolute Gasteiger partial charge is 0.378 e. The molecule has 0 saturated carbocycles. The fraction of sp³-hybridized carbons (Fsp3) is 0.722. The van der Waals surface area contributed by atoms with Crippen LogP contribution in [0.4, 0.5) is 4.79 Å². The van der Waals surface area contributed by atoms with Gasteiger partial charge in [0.15, 0.2) is 0 Å². The zero-order chi connectivity index (χ0) is 17.9. The van der Waals surface area contributed by atoms with Crippen molar-refractivity contribution in [1.82, 2.24) is 24.5 Å². The number of ether oxygens (including phenoxy) is 1. The summed E-state index contributed by atoms with van der Waals surface area (Å²) >= 11 is 0. The van der Waals surface area contributed by atoms with Crippen LogP contribution in [0.2, 0.25) is 0 Å². The van der Waals surface area contributed by atoms with Crippen molar-refractivity contribution in [2.45, 2.75) is 25.8 Å². The molecular formula is C18H27N5O3. The van der Waals surface area contributed by atoms with Crippen LogP contribution in [0.25, 0.3) is 0 Å². The molecule has 0 bridgehead atoms. The Kier molecular flexibility index (Phi) is 5.21. The number of hydrogen-bond acceptors (Lipinski definition) is 5. The number of aryl methyl sites for hydroxylation is 2. The molecule has 0 N–H and O–H groups in total. The summed E-state index contributed by atoms with van der Waals surface area (Å²) in [6.45, 7) is 7.21. The van der Waals surface area contributed by atoms with Crippen LogP contribution in [0.5, 0.6) is 0 Å². The van der Waals surface area contributed by atoms with E-state index in [1.165, 1.54) is 0 Å². The lowest BCUT2D eigenvalue weighted by molar-refractivity contribution is 0.0375. The summed E-state index contributed by atoms with van der Waals surface area (Å²) in [5.41, 5.74) is 2.22. The van der Waals surface area contributed by atoms with Gasteiger partial charge in [-0.3, -0.25) is 9.69 Å². The number of piperazine rings is 1. The zero-order valence-corrected chi connectivity index (χ0v) is 15.2. The standard InChI is InChI=1S/C18H27N5O3/c24-17-14-15-2-1-3-16(15)19-23(17)9-6-20-4-7-21(8-5-20)18(25)22-10-12-26-13-11-22/h14H,1-13H2. The summed E-state index contributed by atoms with van der Waals surface area (Å²) in [5, 5.41) is 4.54. The third-order valence-corrected chi connectivity index (χ3v) is 5.58. The van der Waals surface area contributed by atoms with Crippen molar-refractivity contribution in [3.63, 3.8) is 0 Å². The first-order chi connectivity index (χ1) is 12.7.